The number of fused-ring (bicyclic) bond motifs is 2. The molecule has 3 aromatic carbocycles. The smallest absolute Gasteiger partial charge is 0.231 e. The zero-order valence-corrected chi connectivity index (χ0v) is 20.6. The summed E-state index contributed by atoms with van der Waals surface area (Å²) in [7, 11) is 0. The molecule has 1 aromatic heterocycles. The highest BCUT2D eigenvalue weighted by Gasteiger charge is 2.35. The molecule has 1 fully saturated rings. The van der Waals surface area contributed by atoms with Gasteiger partial charge in [-0.2, -0.15) is 0 Å². The van der Waals surface area contributed by atoms with E-state index in [2.05, 4.69) is 36.6 Å². The van der Waals surface area contributed by atoms with Crippen LogP contribution in [0.3, 0.4) is 0 Å². The van der Waals surface area contributed by atoms with Crippen molar-refractivity contribution >= 4 is 22.6 Å². The molecule has 1 saturated heterocycles. The highest BCUT2D eigenvalue weighted by atomic mass is 16.7. The Morgan fingerprint density at radius 3 is 2.78 bits per heavy atom. The van der Waals surface area contributed by atoms with Crippen LogP contribution in [0.5, 0.6) is 17.2 Å². The monoisotopic (exact) mass is 483 g/mol. The van der Waals surface area contributed by atoms with Gasteiger partial charge < -0.3 is 23.7 Å². The molecule has 2 aliphatic heterocycles. The van der Waals surface area contributed by atoms with Gasteiger partial charge in [0.25, 0.3) is 0 Å². The Hall–Kier alpha value is -4.00. The van der Waals surface area contributed by atoms with E-state index in [1.54, 1.807) is 0 Å². The van der Waals surface area contributed by atoms with E-state index in [1.165, 1.54) is 5.56 Å². The van der Waals surface area contributed by atoms with Crippen molar-refractivity contribution in [3.05, 3.63) is 77.6 Å². The average Bonchev–Trinajstić information content (AvgIpc) is 3.59. The van der Waals surface area contributed by atoms with Crippen LogP contribution in [0.4, 0.5) is 5.69 Å². The fourth-order valence-corrected chi connectivity index (χ4v) is 5.19. The third-order valence-corrected chi connectivity index (χ3v) is 6.96. The number of carbonyl (C=O) groups excluding carboxylic acids is 1. The van der Waals surface area contributed by atoms with Crippen molar-refractivity contribution in [3.8, 4) is 17.2 Å². The Morgan fingerprint density at radius 2 is 1.89 bits per heavy atom. The van der Waals surface area contributed by atoms with Crippen molar-refractivity contribution in [1.82, 2.24) is 9.55 Å². The fraction of sp³-hybridized carbons (Fsp3) is 0.310. The largest absolute Gasteiger partial charge is 0.493 e. The van der Waals surface area contributed by atoms with E-state index in [9.17, 15) is 4.79 Å². The third-order valence-electron chi connectivity index (χ3n) is 6.96. The SMILES string of the molecule is Cc1ccc(OCCCn2c(C3CC(=O)N(c4ccc5c(c4)OCO5)C3)nc3ccccc32)c(C)c1. The number of rotatable bonds is 7. The molecule has 1 atom stereocenters. The molecule has 7 heteroatoms. The first-order valence-electron chi connectivity index (χ1n) is 12.4. The molecule has 0 bridgehead atoms. The van der Waals surface area contributed by atoms with Gasteiger partial charge >= 0.3 is 0 Å². The summed E-state index contributed by atoms with van der Waals surface area (Å²) >= 11 is 0. The van der Waals surface area contributed by atoms with Gasteiger partial charge in [-0.05, 0) is 56.2 Å². The standard InChI is InChI=1S/C29H29N3O4/c1-19-8-10-25(20(2)14-19)34-13-5-12-31-24-7-4-3-6-23(24)30-29(31)21-15-28(33)32(17-21)22-9-11-26-27(16-22)36-18-35-26/h3-4,6-11,14,16,21H,5,12-13,15,17-18H2,1-2H3. The van der Waals surface area contributed by atoms with Gasteiger partial charge in [0, 0.05) is 37.2 Å². The quantitative estimate of drug-likeness (QED) is 0.331. The lowest BCUT2D eigenvalue weighted by molar-refractivity contribution is -0.117. The highest BCUT2D eigenvalue weighted by molar-refractivity contribution is 5.97. The molecule has 7 nitrogen and oxygen atoms in total. The maximum absolute atomic E-state index is 13.1. The molecule has 184 valence electrons. The summed E-state index contributed by atoms with van der Waals surface area (Å²) in [5, 5.41) is 0. The third kappa shape index (κ3) is 4.15. The lowest BCUT2D eigenvalue weighted by Gasteiger charge is -2.18. The molecule has 0 radical (unpaired) electrons. The number of hydrogen-bond acceptors (Lipinski definition) is 5. The summed E-state index contributed by atoms with van der Waals surface area (Å²) in [5.41, 5.74) is 5.26. The fourth-order valence-electron chi connectivity index (χ4n) is 5.19. The first-order chi connectivity index (χ1) is 17.6. The predicted molar refractivity (Wildman–Crippen MR) is 138 cm³/mol. The van der Waals surface area contributed by atoms with Crippen LogP contribution in [0, 0.1) is 13.8 Å². The summed E-state index contributed by atoms with van der Waals surface area (Å²) in [5.74, 6) is 3.38. The van der Waals surface area contributed by atoms with Gasteiger partial charge in [0.15, 0.2) is 11.5 Å². The number of amides is 1. The Labute approximate surface area is 210 Å². The summed E-state index contributed by atoms with van der Waals surface area (Å²) < 4.78 is 19.3. The molecule has 0 saturated carbocycles. The van der Waals surface area contributed by atoms with Crippen molar-refractivity contribution in [3.63, 3.8) is 0 Å². The average molecular weight is 484 g/mol. The van der Waals surface area contributed by atoms with Crippen LogP contribution >= 0.6 is 0 Å². The normalized spacial score (nSPS) is 16.8. The molecule has 2 aliphatic rings. The van der Waals surface area contributed by atoms with Crippen LogP contribution in [-0.4, -0.2) is 35.4 Å². The summed E-state index contributed by atoms with van der Waals surface area (Å²) in [6.45, 7) is 6.35. The summed E-state index contributed by atoms with van der Waals surface area (Å²) in [6.07, 6.45) is 1.27. The van der Waals surface area contributed by atoms with Crippen molar-refractivity contribution in [2.75, 3.05) is 24.8 Å². The van der Waals surface area contributed by atoms with Crippen molar-refractivity contribution in [1.29, 1.82) is 0 Å². The predicted octanol–water partition coefficient (Wildman–Crippen LogP) is 5.37. The lowest BCUT2D eigenvalue weighted by atomic mass is 10.1. The molecule has 0 N–H and O–H groups in total. The minimum Gasteiger partial charge on any atom is -0.493 e. The number of aromatic nitrogens is 2. The molecular formula is C29H29N3O4. The number of ether oxygens (including phenoxy) is 3. The van der Waals surface area contributed by atoms with Gasteiger partial charge in [-0.1, -0.05) is 29.8 Å². The van der Waals surface area contributed by atoms with E-state index in [4.69, 9.17) is 19.2 Å². The van der Waals surface area contributed by atoms with Gasteiger partial charge in [-0.25, -0.2) is 4.98 Å². The minimum atomic E-state index is 0.00980. The van der Waals surface area contributed by atoms with Gasteiger partial charge in [0.2, 0.25) is 12.7 Å². The second-order valence-electron chi connectivity index (χ2n) is 9.52. The van der Waals surface area contributed by atoms with Crippen LogP contribution < -0.4 is 19.1 Å². The van der Waals surface area contributed by atoms with E-state index >= 15 is 0 Å². The Morgan fingerprint density at radius 1 is 1.03 bits per heavy atom. The minimum absolute atomic E-state index is 0.00980. The number of aryl methyl sites for hydroxylation is 3. The van der Waals surface area contributed by atoms with Gasteiger partial charge in [-0.15, -0.1) is 0 Å². The topological polar surface area (TPSA) is 65.8 Å². The maximum atomic E-state index is 13.1. The Balaban J connectivity index is 1.21. The number of benzene rings is 3. The number of nitrogens with zero attached hydrogens (tertiary/aromatic N) is 3. The van der Waals surface area contributed by atoms with E-state index < -0.39 is 0 Å². The molecule has 1 amide bonds. The number of anilines is 1. The lowest BCUT2D eigenvalue weighted by Crippen LogP contribution is -2.24. The maximum Gasteiger partial charge on any atom is 0.231 e. The first kappa shape index (κ1) is 22.5. The van der Waals surface area contributed by atoms with Gasteiger partial charge in [0.1, 0.15) is 11.6 Å². The molecular weight excluding hydrogens is 454 g/mol. The summed E-state index contributed by atoms with van der Waals surface area (Å²) in [4.78, 5) is 19.9. The number of para-hydroxylation sites is 2. The first-order valence-corrected chi connectivity index (χ1v) is 12.4. The van der Waals surface area contributed by atoms with Crippen LogP contribution in [0.15, 0.2) is 60.7 Å². The number of imidazole rings is 1. The van der Waals surface area contributed by atoms with Crippen LogP contribution in [0.2, 0.25) is 0 Å². The second kappa shape index (κ2) is 9.22. The molecule has 36 heavy (non-hydrogen) atoms. The molecule has 0 spiro atoms. The number of hydrogen-bond donors (Lipinski definition) is 0. The van der Waals surface area contributed by atoms with Gasteiger partial charge in [-0.3, -0.25) is 4.79 Å². The van der Waals surface area contributed by atoms with E-state index in [1.807, 2.05) is 47.4 Å². The molecule has 3 heterocycles. The highest BCUT2D eigenvalue weighted by Crippen LogP contribution is 2.39. The zero-order valence-electron chi connectivity index (χ0n) is 20.6. The van der Waals surface area contributed by atoms with Crippen LogP contribution in [0.25, 0.3) is 11.0 Å². The summed E-state index contributed by atoms with van der Waals surface area (Å²) in [6, 6.07) is 20.1. The van der Waals surface area contributed by atoms with Crippen LogP contribution in [-0.2, 0) is 11.3 Å². The molecule has 4 aromatic rings. The molecule has 0 aliphatic carbocycles. The van der Waals surface area contributed by atoms with Crippen molar-refractivity contribution < 1.29 is 19.0 Å². The van der Waals surface area contributed by atoms with E-state index in [-0.39, 0.29) is 18.6 Å². The Bertz CT molecular complexity index is 1440. The van der Waals surface area contributed by atoms with E-state index in [0.717, 1.165) is 46.8 Å². The zero-order chi connectivity index (χ0) is 24.6. The van der Waals surface area contributed by atoms with E-state index in [0.29, 0.717) is 31.1 Å². The van der Waals surface area contributed by atoms with Crippen LogP contribution in [0.1, 0.15) is 35.7 Å². The molecule has 6 rings (SSSR count). The second-order valence-corrected chi connectivity index (χ2v) is 9.52. The van der Waals surface area contributed by atoms with Gasteiger partial charge in [0.05, 0.1) is 17.6 Å². The Kier molecular flexibility index (Phi) is 5.76. The molecule has 1 unspecified atom stereocenters. The van der Waals surface area contributed by atoms with Crippen molar-refractivity contribution in [2.45, 2.75) is 39.2 Å². The number of carbonyl (C=O) groups is 1. The van der Waals surface area contributed by atoms with Crippen molar-refractivity contribution in [2.24, 2.45) is 0 Å².